The van der Waals surface area contributed by atoms with Crippen molar-refractivity contribution in [3.8, 4) is 0 Å². The van der Waals surface area contributed by atoms with Gasteiger partial charge in [0.2, 0.25) is 0 Å². The maximum Gasteiger partial charge on any atom is 0.124 e. The molecule has 1 aliphatic carbocycles. The Hall–Kier alpha value is -0.450. The van der Waals surface area contributed by atoms with Crippen LogP contribution in [-0.2, 0) is 6.42 Å². The molecule has 0 radical (unpaired) electrons. The van der Waals surface area contributed by atoms with E-state index in [-0.39, 0.29) is 16.6 Å². The van der Waals surface area contributed by atoms with Crippen LogP contribution >= 0.6 is 15.9 Å². The first-order chi connectivity index (χ1) is 8.79. The highest BCUT2D eigenvalue weighted by Crippen LogP contribution is 2.50. The smallest absolute Gasteiger partial charge is 0.124 e. The highest BCUT2D eigenvalue weighted by atomic mass is 79.9. The van der Waals surface area contributed by atoms with Crippen molar-refractivity contribution >= 4 is 15.9 Å². The third-order valence-corrected chi connectivity index (χ3v) is 4.93. The van der Waals surface area contributed by atoms with Gasteiger partial charge in [-0.3, -0.25) is 0 Å². The van der Waals surface area contributed by atoms with Crippen LogP contribution in [0.4, 0.5) is 4.39 Å². The van der Waals surface area contributed by atoms with E-state index >= 15 is 0 Å². The first-order valence-corrected chi connectivity index (χ1v) is 7.41. The zero-order valence-electron chi connectivity index (χ0n) is 11.4. The molecule has 19 heavy (non-hydrogen) atoms. The molecule has 3 N–H and O–H groups in total. The van der Waals surface area contributed by atoms with Gasteiger partial charge in [-0.05, 0) is 48.4 Å². The maximum absolute atomic E-state index is 13.5. The first-order valence-electron chi connectivity index (χ1n) is 6.62. The predicted octanol–water partition coefficient (Wildman–Crippen LogP) is 3.26. The van der Waals surface area contributed by atoms with E-state index in [9.17, 15) is 9.50 Å². The second kappa shape index (κ2) is 5.15. The van der Waals surface area contributed by atoms with Gasteiger partial charge in [0, 0.05) is 16.4 Å². The van der Waals surface area contributed by atoms with Crippen molar-refractivity contribution < 1.29 is 9.50 Å². The minimum atomic E-state index is -0.452. The Balaban J connectivity index is 2.29. The lowest BCUT2D eigenvalue weighted by molar-refractivity contribution is -0.00467. The maximum atomic E-state index is 13.5. The quantitative estimate of drug-likeness (QED) is 0.894. The molecule has 2 unspecified atom stereocenters. The van der Waals surface area contributed by atoms with Crippen LogP contribution in [0.25, 0.3) is 0 Å². The monoisotopic (exact) mass is 329 g/mol. The van der Waals surface area contributed by atoms with Gasteiger partial charge in [-0.15, -0.1) is 0 Å². The Morgan fingerprint density at radius 1 is 1.37 bits per heavy atom. The van der Waals surface area contributed by atoms with Crippen LogP contribution in [0.5, 0.6) is 0 Å². The minimum Gasteiger partial charge on any atom is -0.392 e. The number of hydrogen-bond acceptors (Lipinski definition) is 2. The summed E-state index contributed by atoms with van der Waals surface area (Å²) in [5.74, 6) is -0.261. The minimum absolute atomic E-state index is 0.121. The van der Waals surface area contributed by atoms with Crippen molar-refractivity contribution in [2.45, 2.75) is 39.2 Å². The van der Waals surface area contributed by atoms with E-state index in [1.807, 2.05) is 6.07 Å². The number of hydrogen-bond donors (Lipinski definition) is 2. The highest BCUT2D eigenvalue weighted by Gasteiger charge is 2.50. The van der Waals surface area contributed by atoms with E-state index < -0.39 is 6.10 Å². The summed E-state index contributed by atoms with van der Waals surface area (Å²) in [6.45, 7) is 4.55. The summed E-state index contributed by atoms with van der Waals surface area (Å²) < 4.78 is 14.2. The second-order valence-electron chi connectivity index (χ2n) is 6.41. The van der Waals surface area contributed by atoms with Crippen LogP contribution in [0.15, 0.2) is 22.7 Å². The molecule has 2 rings (SSSR count). The molecule has 0 amide bonds. The molecule has 0 aliphatic heterocycles. The number of nitrogens with two attached hydrogens (primary N) is 1. The predicted molar refractivity (Wildman–Crippen MR) is 78.3 cm³/mol. The van der Waals surface area contributed by atoms with E-state index in [0.717, 1.165) is 22.9 Å². The molecule has 1 saturated carbocycles. The molecule has 2 atom stereocenters. The van der Waals surface area contributed by atoms with Crippen molar-refractivity contribution in [1.82, 2.24) is 0 Å². The van der Waals surface area contributed by atoms with Gasteiger partial charge in [0.15, 0.2) is 0 Å². The summed E-state index contributed by atoms with van der Waals surface area (Å²) in [4.78, 5) is 0. The Morgan fingerprint density at radius 3 is 2.53 bits per heavy atom. The Bertz CT molecular complexity index is 457. The molecule has 0 saturated heterocycles. The molecule has 0 spiro atoms. The summed E-state index contributed by atoms with van der Waals surface area (Å²) in [6, 6.07) is 4.87. The zero-order valence-corrected chi connectivity index (χ0v) is 13.0. The third-order valence-electron chi connectivity index (χ3n) is 4.47. The first kappa shape index (κ1) is 14.9. The van der Waals surface area contributed by atoms with Gasteiger partial charge in [-0.2, -0.15) is 0 Å². The van der Waals surface area contributed by atoms with Crippen molar-refractivity contribution in [1.29, 1.82) is 0 Å². The van der Waals surface area contributed by atoms with Crippen molar-refractivity contribution in [2.75, 3.05) is 6.54 Å². The normalized spacial score (nSPS) is 29.7. The lowest BCUT2D eigenvalue weighted by atomic mass is 9.74. The molecular formula is C15H21BrFNO. The number of rotatable bonds is 3. The van der Waals surface area contributed by atoms with Crippen LogP contribution in [-0.4, -0.2) is 17.8 Å². The van der Waals surface area contributed by atoms with Crippen LogP contribution in [0.3, 0.4) is 0 Å². The molecule has 0 heterocycles. The fourth-order valence-corrected chi connectivity index (χ4v) is 3.78. The average molecular weight is 330 g/mol. The number of aliphatic hydroxyl groups is 1. The van der Waals surface area contributed by atoms with Gasteiger partial charge in [-0.25, -0.2) is 4.39 Å². The Kier molecular flexibility index (Phi) is 4.05. The molecule has 4 heteroatoms. The summed E-state index contributed by atoms with van der Waals surface area (Å²) in [7, 11) is 0. The molecule has 1 aromatic carbocycles. The lowest BCUT2D eigenvalue weighted by Crippen LogP contribution is -2.44. The van der Waals surface area contributed by atoms with E-state index in [4.69, 9.17) is 5.73 Å². The van der Waals surface area contributed by atoms with Gasteiger partial charge in [0.05, 0.1) is 6.10 Å². The highest BCUT2D eigenvalue weighted by molar-refractivity contribution is 9.10. The van der Waals surface area contributed by atoms with Crippen LogP contribution in [0.2, 0.25) is 0 Å². The van der Waals surface area contributed by atoms with Crippen molar-refractivity contribution in [3.05, 3.63) is 34.1 Å². The summed E-state index contributed by atoms with van der Waals surface area (Å²) >= 11 is 3.31. The van der Waals surface area contributed by atoms with Crippen molar-refractivity contribution in [3.63, 3.8) is 0 Å². The number of halogens is 2. The molecule has 1 fully saturated rings. The molecular weight excluding hydrogens is 309 g/mol. The van der Waals surface area contributed by atoms with E-state index in [1.165, 1.54) is 12.1 Å². The fourth-order valence-electron chi connectivity index (χ4n) is 3.26. The summed E-state index contributed by atoms with van der Waals surface area (Å²) in [6.07, 6.45) is 1.99. The second-order valence-corrected chi connectivity index (χ2v) is 7.33. The molecule has 2 nitrogen and oxygen atoms in total. The zero-order chi connectivity index (χ0) is 14.3. The Labute approximate surface area is 122 Å². The van der Waals surface area contributed by atoms with Gasteiger partial charge in [0.25, 0.3) is 0 Å². The standard InChI is InChI=1S/C15H21BrFNO/c1-14(2)3-4-15(9-18,13(14)19)8-10-5-11(16)7-12(17)6-10/h5-7,13,19H,3-4,8-9,18H2,1-2H3. The molecule has 0 bridgehead atoms. The van der Waals surface area contributed by atoms with E-state index in [2.05, 4.69) is 29.8 Å². The molecule has 1 aromatic rings. The van der Waals surface area contributed by atoms with E-state index in [0.29, 0.717) is 13.0 Å². The van der Waals surface area contributed by atoms with Crippen LogP contribution in [0, 0.1) is 16.6 Å². The van der Waals surface area contributed by atoms with Crippen LogP contribution < -0.4 is 5.73 Å². The molecule has 106 valence electrons. The summed E-state index contributed by atoms with van der Waals surface area (Å²) in [5, 5.41) is 10.6. The van der Waals surface area contributed by atoms with Gasteiger partial charge in [-0.1, -0.05) is 29.8 Å². The largest absolute Gasteiger partial charge is 0.392 e. The topological polar surface area (TPSA) is 46.2 Å². The SMILES string of the molecule is CC1(C)CCC(CN)(Cc2cc(F)cc(Br)c2)C1O. The molecule has 0 aromatic heterocycles. The van der Waals surface area contributed by atoms with E-state index in [1.54, 1.807) is 0 Å². The van der Waals surface area contributed by atoms with Crippen LogP contribution in [0.1, 0.15) is 32.3 Å². The average Bonchev–Trinajstić information content (AvgIpc) is 2.53. The molecule has 1 aliphatic rings. The summed E-state index contributed by atoms with van der Waals surface area (Å²) in [5.41, 5.74) is 6.36. The lowest BCUT2D eigenvalue weighted by Gasteiger charge is -2.36. The van der Waals surface area contributed by atoms with Gasteiger partial charge >= 0.3 is 0 Å². The van der Waals surface area contributed by atoms with Gasteiger partial charge < -0.3 is 10.8 Å². The third kappa shape index (κ3) is 2.86. The van der Waals surface area contributed by atoms with Gasteiger partial charge in [0.1, 0.15) is 5.82 Å². The van der Waals surface area contributed by atoms with Crippen molar-refractivity contribution in [2.24, 2.45) is 16.6 Å². The fraction of sp³-hybridized carbons (Fsp3) is 0.600. The number of benzene rings is 1. The Morgan fingerprint density at radius 2 is 2.05 bits per heavy atom. The number of aliphatic hydroxyl groups excluding tert-OH is 1.